The van der Waals surface area contributed by atoms with Gasteiger partial charge in [0, 0.05) is 24.5 Å². The van der Waals surface area contributed by atoms with Crippen molar-refractivity contribution < 1.29 is 19.1 Å². The Morgan fingerprint density at radius 1 is 1.20 bits per heavy atom. The molecule has 0 spiro atoms. The molecule has 0 aliphatic heterocycles. The molecule has 0 radical (unpaired) electrons. The van der Waals surface area contributed by atoms with Crippen molar-refractivity contribution in [3.05, 3.63) is 29.8 Å². The first kappa shape index (κ1) is 21.0. The minimum Gasteiger partial charge on any atom is -0.452 e. The van der Waals surface area contributed by atoms with Crippen LogP contribution in [-0.4, -0.2) is 54.7 Å². The van der Waals surface area contributed by atoms with Gasteiger partial charge in [0.05, 0.1) is 11.3 Å². The molecule has 1 aromatic rings. The Morgan fingerprint density at radius 2 is 1.84 bits per heavy atom. The van der Waals surface area contributed by atoms with Crippen molar-refractivity contribution in [2.45, 2.75) is 37.6 Å². The number of ether oxygens (including phenoxy) is 1. The van der Waals surface area contributed by atoms with E-state index >= 15 is 0 Å². The summed E-state index contributed by atoms with van der Waals surface area (Å²) in [5, 5.41) is 2.81. The van der Waals surface area contributed by atoms with Crippen molar-refractivity contribution in [3.8, 4) is 0 Å². The molecule has 0 unspecified atom stereocenters. The van der Waals surface area contributed by atoms with E-state index in [1.165, 1.54) is 16.7 Å². The second-order valence-corrected chi connectivity index (χ2v) is 7.45. The fraction of sp³-hybridized carbons (Fsp3) is 0.500. The second-order valence-electron chi connectivity index (χ2n) is 6.43. The molecule has 2 amide bonds. The third kappa shape index (κ3) is 7.17. The molecule has 1 aromatic carbocycles. The van der Waals surface area contributed by atoms with Crippen LogP contribution in [0.1, 0.15) is 37.6 Å². The lowest BCUT2D eigenvalue weighted by atomic mass is 10.0. The van der Waals surface area contributed by atoms with Crippen LogP contribution in [0.5, 0.6) is 0 Å². The zero-order valence-electron chi connectivity index (χ0n) is 15.4. The third-order valence-electron chi connectivity index (χ3n) is 3.65. The Labute approximate surface area is 153 Å². The van der Waals surface area contributed by atoms with Gasteiger partial charge in [0.15, 0.2) is 6.61 Å². The van der Waals surface area contributed by atoms with Crippen LogP contribution in [-0.2, 0) is 14.3 Å². The highest BCUT2D eigenvalue weighted by atomic mass is 32.2. The van der Waals surface area contributed by atoms with Crippen LogP contribution in [0.25, 0.3) is 0 Å². The highest BCUT2D eigenvalue weighted by Crippen LogP contribution is 2.23. The van der Waals surface area contributed by atoms with Gasteiger partial charge in [-0.1, -0.05) is 19.1 Å². The van der Waals surface area contributed by atoms with Crippen molar-refractivity contribution in [2.75, 3.05) is 26.5 Å². The minimum absolute atomic E-state index is 0.0469. The van der Waals surface area contributed by atoms with Crippen LogP contribution in [0.3, 0.4) is 0 Å². The zero-order valence-corrected chi connectivity index (χ0v) is 16.2. The van der Waals surface area contributed by atoms with Gasteiger partial charge in [0.2, 0.25) is 5.91 Å². The lowest BCUT2D eigenvalue weighted by Gasteiger charge is -2.24. The van der Waals surface area contributed by atoms with Crippen molar-refractivity contribution in [1.29, 1.82) is 0 Å². The molecule has 0 bridgehead atoms. The van der Waals surface area contributed by atoms with E-state index in [1.54, 1.807) is 38.4 Å². The van der Waals surface area contributed by atoms with E-state index in [0.29, 0.717) is 10.5 Å². The lowest BCUT2D eigenvalue weighted by Crippen LogP contribution is -2.44. The molecule has 25 heavy (non-hydrogen) atoms. The number of esters is 1. The Morgan fingerprint density at radius 3 is 2.44 bits per heavy atom. The van der Waals surface area contributed by atoms with Crippen molar-refractivity contribution >= 4 is 29.5 Å². The monoisotopic (exact) mass is 366 g/mol. The highest BCUT2D eigenvalue weighted by molar-refractivity contribution is 8.00. The average molecular weight is 366 g/mol. The maximum Gasteiger partial charge on any atom is 0.339 e. The van der Waals surface area contributed by atoms with Gasteiger partial charge in [0.1, 0.15) is 0 Å². The number of carbonyl (C=O) groups excluding carboxylic acids is 3. The topological polar surface area (TPSA) is 75.7 Å². The van der Waals surface area contributed by atoms with E-state index < -0.39 is 5.97 Å². The molecule has 0 aliphatic carbocycles. The lowest BCUT2D eigenvalue weighted by molar-refractivity contribution is -0.126. The Bertz CT molecular complexity index is 629. The summed E-state index contributed by atoms with van der Waals surface area (Å²) in [6.45, 7) is 5.44. The van der Waals surface area contributed by atoms with Crippen LogP contribution in [0.4, 0.5) is 0 Å². The van der Waals surface area contributed by atoms with E-state index in [-0.39, 0.29) is 29.7 Å². The van der Waals surface area contributed by atoms with E-state index in [9.17, 15) is 14.4 Å². The minimum atomic E-state index is -0.579. The number of hydrogen-bond acceptors (Lipinski definition) is 5. The summed E-state index contributed by atoms with van der Waals surface area (Å²) in [6, 6.07) is 6.88. The van der Waals surface area contributed by atoms with Gasteiger partial charge in [-0.25, -0.2) is 4.79 Å². The summed E-state index contributed by atoms with van der Waals surface area (Å²) in [7, 11) is 3.36. The van der Waals surface area contributed by atoms with Crippen LogP contribution in [0.15, 0.2) is 29.2 Å². The third-order valence-corrected chi connectivity index (χ3v) is 4.71. The molecule has 0 heterocycles. The van der Waals surface area contributed by atoms with Crippen molar-refractivity contribution in [1.82, 2.24) is 10.2 Å². The summed E-state index contributed by atoms with van der Waals surface area (Å²) in [5.74, 6) is -0.741. The molecule has 7 heteroatoms. The van der Waals surface area contributed by atoms with Gasteiger partial charge in [-0.3, -0.25) is 9.59 Å². The zero-order chi connectivity index (χ0) is 19.0. The van der Waals surface area contributed by atoms with E-state index in [2.05, 4.69) is 5.32 Å². The molecule has 0 fully saturated rings. The van der Waals surface area contributed by atoms with Gasteiger partial charge in [-0.05, 0) is 32.4 Å². The molecule has 0 aromatic heterocycles. The van der Waals surface area contributed by atoms with Crippen LogP contribution in [0.2, 0.25) is 0 Å². The maximum atomic E-state index is 12.3. The molecular formula is C18H26N2O4S. The molecule has 1 rings (SSSR count). The second kappa shape index (κ2) is 9.46. The average Bonchev–Trinajstić information content (AvgIpc) is 2.57. The number of nitrogens with zero attached hydrogens (tertiary/aromatic N) is 1. The quantitative estimate of drug-likeness (QED) is 0.564. The molecule has 138 valence electrons. The largest absolute Gasteiger partial charge is 0.452 e. The molecule has 1 N–H and O–H groups in total. The predicted octanol–water partition coefficient (Wildman–Crippen LogP) is 2.33. The van der Waals surface area contributed by atoms with Crippen molar-refractivity contribution in [3.63, 3.8) is 0 Å². The van der Waals surface area contributed by atoms with Gasteiger partial charge in [0.25, 0.3) is 5.91 Å². The molecule has 0 atom stereocenters. The number of rotatable bonds is 8. The molecule has 6 nitrogen and oxygen atoms in total. The first-order chi connectivity index (χ1) is 11.7. The fourth-order valence-electron chi connectivity index (χ4n) is 1.74. The standard InChI is InChI=1S/C18H26N2O4S/c1-6-18(2,3)19-15(21)11-24-17(23)13-9-7-8-10-14(13)25-12-16(22)20(4)5/h7-10H,6,11-12H2,1-5H3,(H,19,21). The Hall–Kier alpha value is -2.02. The summed E-state index contributed by atoms with van der Waals surface area (Å²) in [5.41, 5.74) is 0.00525. The molecular weight excluding hydrogens is 340 g/mol. The number of benzene rings is 1. The van der Waals surface area contributed by atoms with Crippen LogP contribution >= 0.6 is 11.8 Å². The number of thioether (sulfide) groups is 1. The predicted molar refractivity (Wildman–Crippen MR) is 98.7 cm³/mol. The highest BCUT2D eigenvalue weighted by Gasteiger charge is 2.20. The summed E-state index contributed by atoms with van der Waals surface area (Å²) in [6.07, 6.45) is 0.770. The fourth-order valence-corrected chi connectivity index (χ4v) is 2.76. The Kier molecular flexibility index (Phi) is 7.96. The number of amides is 2. The first-order valence-electron chi connectivity index (χ1n) is 8.06. The van der Waals surface area contributed by atoms with Crippen LogP contribution in [0, 0.1) is 0 Å². The summed E-state index contributed by atoms with van der Waals surface area (Å²) < 4.78 is 5.12. The first-order valence-corrected chi connectivity index (χ1v) is 9.05. The van der Waals surface area contributed by atoms with Gasteiger partial charge in [-0.2, -0.15) is 0 Å². The molecule has 0 aliphatic rings. The van der Waals surface area contributed by atoms with E-state index in [4.69, 9.17) is 4.74 Å². The molecule has 0 saturated carbocycles. The molecule has 0 saturated heterocycles. The smallest absolute Gasteiger partial charge is 0.339 e. The normalized spacial score (nSPS) is 10.9. The number of hydrogen-bond donors (Lipinski definition) is 1. The number of carbonyl (C=O) groups is 3. The van der Waals surface area contributed by atoms with E-state index in [1.807, 2.05) is 20.8 Å². The maximum absolute atomic E-state index is 12.3. The van der Waals surface area contributed by atoms with Gasteiger partial charge in [-0.15, -0.1) is 11.8 Å². The van der Waals surface area contributed by atoms with Gasteiger partial charge >= 0.3 is 5.97 Å². The Balaban J connectivity index is 2.67. The van der Waals surface area contributed by atoms with Crippen LogP contribution < -0.4 is 5.32 Å². The summed E-state index contributed by atoms with van der Waals surface area (Å²) in [4.78, 5) is 38.0. The van der Waals surface area contributed by atoms with Gasteiger partial charge < -0.3 is 15.0 Å². The number of nitrogens with one attached hydrogen (secondary N) is 1. The van der Waals surface area contributed by atoms with Crippen molar-refractivity contribution in [2.24, 2.45) is 0 Å². The van der Waals surface area contributed by atoms with E-state index in [0.717, 1.165) is 6.42 Å². The SMILES string of the molecule is CCC(C)(C)NC(=O)COC(=O)c1ccccc1SCC(=O)N(C)C. The summed E-state index contributed by atoms with van der Waals surface area (Å²) >= 11 is 1.27.